The molecule has 0 fully saturated rings. The molecule has 0 radical (unpaired) electrons. The molecular formula is C20H20N2O4. The van der Waals surface area contributed by atoms with Gasteiger partial charge in [0.2, 0.25) is 0 Å². The maximum Gasteiger partial charge on any atom is 0.251 e. The predicted molar refractivity (Wildman–Crippen MR) is 97.4 cm³/mol. The van der Waals surface area contributed by atoms with Crippen LogP contribution in [-0.2, 0) is 0 Å². The molecule has 1 atom stereocenters. The number of nitrogens with one attached hydrogen (secondary N) is 1. The maximum atomic E-state index is 12.6. The molecule has 0 saturated carbocycles. The molecule has 1 heterocycles. The number of aromatic nitrogens is 1. The molecular weight excluding hydrogens is 332 g/mol. The lowest BCUT2D eigenvalue weighted by atomic mass is 10.1. The third-order valence-electron chi connectivity index (χ3n) is 4.11. The van der Waals surface area contributed by atoms with Crippen LogP contribution in [0.25, 0.3) is 11.3 Å². The number of hydrogen-bond donors (Lipinski definition) is 1. The van der Waals surface area contributed by atoms with Crippen molar-refractivity contribution < 1.29 is 18.7 Å². The van der Waals surface area contributed by atoms with Crippen LogP contribution in [0.3, 0.4) is 0 Å². The van der Waals surface area contributed by atoms with Gasteiger partial charge in [-0.15, -0.1) is 0 Å². The third-order valence-corrected chi connectivity index (χ3v) is 4.11. The van der Waals surface area contributed by atoms with Crippen LogP contribution in [0.1, 0.15) is 28.9 Å². The van der Waals surface area contributed by atoms with E-state index in [-0.39, 0.29) is 11.9 Å². The van der Waals surface area contributed by atoms with Crippen LogP contribution < -0.4 is 14.8 Å². The van der Waals surface area contributed by atoms with Gasteiger partial charge in [0, 0.05) is 16.7 Å². The van der Waals surface area contributed by atoms with Gasteiger partial charge in [0.1, 0.15) is 11.5 Å². The van der Waals surface area contributed by atoms with E-state index in [1.54, 1.807) is 32.5 Å². The first-order chi connectivity index (χ1) is 12.6. The zero-order valence-electron chi connectivity index (χ0n) is 14.9. The fourth-order valence-electron chi connectivity index (χ4n) is 2.68. The van der Waals surface area contributed by atoms with Crippen molar-refractivity contribution in [2.75, 3.05) is 14.2 Å². The second-order valence-electron chi connectivity index (χ2n) is 5.75. The number of methoxy groups -OCH3 is 2. The number of carbonyl (C=O) groups excluding carboxylic acids is 1. The largest absolute Gasteiger partial charge is 0.497 e. The Morgan fingerprint density at radius 2 is 1.88 bits per heavy atom. The minimum Gasteiger partial charge on any atom is -0.497 e. The van der Waals surface area contributed by atoms with E-state index in [4.69, 9.17) is 13.9 Å². The highest BCUT2D eigenvalue weighted by molar-refractivity contribution is 5.94. The average molecular weight is 352 g/mol. The Balaban J connectivity index is 1.75. The summed E-state index contributed by atoms with van der Waals surface area (Å²) in [6.07, 6.45) is 3.01. The minimum atomic E-state index is -0.249. The Morgan fingerprint density at radius 1 is 1.12 bits per heavy atom. The van der Waals surface area contributed by atoms with Crippen molar-refractivity contribution >= 4 is 5.91 Å². The second kappa shape index (κ2) is 7.74. The number of nitrogens with zero attached hydrogens (tertiary/aromatic N) is 1. The van der Waals surface area contributed by atoms with Gasteiger partial charge in [-0.05, 0) is 37.3 Å². The maximum absolute atomic E-state index is 12.6. The summed E-state index contributed by atoms with van der Waals surface area (Å²) in [6.45, 7) is 1.90. The molecule has 1 aromatic heterocycles. The van der Waals surface area contributed by atoms with Gasteiger partial charge in [0.15, 0.2) is 12.2 Å². The van der Waals surface area contributed by atoms with Gasteiger partial charge in [0.05, 0.1) is 26.5 Å². The fraction of sp³-hybridized carbons (Fsp3) is 0.200. The molecule has 1 N–H and O–H groups in total. The standard InChI is InChI=1S/C20H20N2O4/c1-13(17-10-16(24-2)8-9-18(17)25-3)22-20(23)15-6-4-14(5-7-15)19-11-21-12-26-19/h4-13H,1-3H3,(H,22,23). The molecule has 0 bridgehead atoms. The van der Waals surface area contributed by atoms with Crippen LogP contribution in [0, 0.1) is 0 Å². The highest BCUT2D eigenvalue weighted by Crippen LogP contribution is 2.29. The summed E-state index contributed by atoms with van der Waals surface area (Å²) in [5.41, 5.74) is 2.27. The van der Waals surface area contributed by atoms with E-state index < -0.39 is 0 Å². The molecule has 2 aromatic carbocycles. The van der Waals surface area contributed by atoms with E-state index in [1.807, 2.05) is 37.3 Å². The second-order valence-corrected chi connectivity index (χ2v) is 5.75. The van der Waals surface area contributed by atoms with Crippen molar-refractivity contribution in [2.45, 2.75) is 13.0 Å². The summed E-state index contributed by atoms with van der Waals surface area (Å²) in [4.78, 5) is 16.5. The molecule has 1 unspecified atom stereocenters. The van der Waals surface area contributed by atoms with Crippen molar-refractivity contribution in [3.8, 4) is 22.8 Å². The van der Waals surface area contributed by atoms with Gasteiger partial charge in [0.25, 0.3) is 5.91 Å². The average Bonchev–Trinajstić information content (AvgIpc) is 3.22. The number of rotatable bonds is 6. The molecule has 6 heteroatoms. The van der Waals surface area contributed by atoms with Crippen LogP contribution in [0.4, 0.5) is 0 Å². The van der Waals surface area contributed by atoms with E-state index in [1.165, 1.54) is 6.39 Å². The van der Waals surface area contributed by atoms with Crippen LogP contribution in [0.15, 0.2) is 59.5 Å². The number of ether oxygens (including phenoxy) is 2. The zero-order chi connectivity index (χ0) is 18.5. The lowest BCUT2D eigenvalue weighted by Crippen LogP contribution is -2.26. The van der Waals surface area contributed by atoms with E-state index in [0.717, 1.165) is 11.1 Å². The summed E-state index contributed by atoms with van der Waals surface area (Å²) in [7, 11) is 3.20. The summed E-state index contributed by atoms with van der Waals surface area (Å²) < 4.78 is 15.9. The first-order valence-electron chi connectivity index (χ1n) is 8.14. The van der Waals surface area contributed by atoms with E-state index in [9.17, 15) is 4.79 Å². The van der Waals surface area contributed by atoms with Gasteiger partial charge >= 0.3 is 0 Å². The summed E-state index contributed by atoms with van der Waals surface area (Å²) in [6, 6.07) is 12.4. The quantitative estimate of drug-likeness (QED) is 0.729. The molecule has 0 aliphatic rings. The van der Waals surface area contributed by atoms with Crippen molar-refractivity contribution in [1.82, 2.24) is 10.3 Å². The van der Waals surface area contributed by atoms with E-state index in [0.29, 0.717) is 22.8 Å². The molecule has 0 spiro atoms. The number of carbonyl (C=O) groups is 1. The first kappa shape index (κ1) is 17.5. The summed E-state index contributed by atoms with van der Waals surface area (Å²) in [5, 5.41) is 2.98. The lowest BCUT2D eigenvalue weighted by molar-refractivity contribution is 0.0939. The number of benzene rings is 2. The molecule has 3 aromatic rings. The van der Waals surface area contributed by atoms with Crippen molar-refractivity contribution in [2.24, 2.45) is 0 Å². The van der Waals surface area contributed by atoms with Gasteiger partial charge in [-0.3, -0.25) is 4.79 Å². The summed E-state index contributed by atoms with van der Waals surface area (Å²) >= 11 is 0. The van der Waals surface area contributed by atoms with Gasteiger partial charge in [-0.2, -0.15) is 0 Å². The molecule has 134 valence electrons. The SMILES string of the molecule is COc1ccc(OC)c(C(C)NC(=O)c2ccc(-c3cnco3)cc2)c1. The van der Waals surface area contributed by atoms with Crippen LogP contribution in [0.5, 0.6) is 11.5 Å². The first-order valence-corrected chi connectivity index (χ1v) is 8.14. The monoisotopic (exact) mass is 352 g/mol. The van der Waals surface area contributed by atoms with Crippen molar-refractivity contribution in [3.63, 3.8) is 0 Å². The van der Waals surface area contributed by atoms with Crippen LogP contribution >= 0.6 is 0 Å². The van der Waals surface area contributed by atoms with Crippen LogP contribution in [0.2, 0.25) is 0 Å². The number of amides is 1. The number of hydrogen-bond acceptors (Lipinski definition) is 5. The fourth-order valence-corrected chi connectivity index (χ4v) is 2.68. The highest BCUT2D eigenvalue weighted by atomic mass is 16.5. The highest BCUT2D eigenvalue weighted by Gasteiger charge is 2.16. The van der Waals surface area contributed by atoms with E-state index in [2.05, 4.69) is 10.3 Å². The predicted octanol–water partition coefficient (Wildman–Crippen LogP) is 3.85. The minimum absolute atomic E-state index is 0.175. The van der Waals surface area contributed by atoms with Gasteiger partial charge in [-0.25, -0.2) is 4.98 Å². The zero-order valence-corrected chi connectivity index (χ0v) is 14.9. The molecule has 0 aliphatic heterocycles. The molecule has 1 amide bonds. The van der Waals surface area contributed by atoms with Gasteiger partial charge in [-0.1, -0.05) is 12.1 Å². The Labute approximate surface area is 151 Å². The Morgan fingerprint density at radius 3 is 2.50 bits per heavy atom. The van der Waals surface area contributed by atoms with Crippen molar-refractivity contribution in [1.29, 1.82) is 0 Å². The summed E-state index contributed by atoms with van der Waals surface area (Å²) in [5.74, 6) is 1.88. The number of oxazole rings is 1. The third kappa shape index (κ3) is 3.69. The molecule has 3 rings (SSSR count). The normalized spacial score (nSPS) is 11.7. The van der Waals surface area contributed by atoms with Crippen LogP contribution in [-0.4, -0.2) is 25.1 Å². The Hall–Kier alpha value is -3.28. The molecule has 26 heavy (non-hydrogen) atoms. The molecule has 0 saturated heterocycles. The van der Waals surface area contributed by atoms with Crippen molar-refractivity contribution in [3.05, 3.63) is 66.2 Å². The molecule has 0 aliphatic carbocycles. The lowest BCUT2D eigenvalue weighted by Gasteiger charge is -2.18. The van der Waals surface area contributed by atoms with Gasteiger partial charge < -0.3 is 19.2 Å². The Kier molecular flexibility index (Phi) is 5.22. The topological polar surface area (TPSA) is 73.6 Å². The Bertz CT molecular complexity index is 873. The molecule has 6 nitrogen and oxygen atoms in total. The smallest absolute Gasteiger partial charge is 0.251 e. The van der Waals surface area contributed by atoms with E-state index >= 15 is 0 Å².